The molecular formula is C18H25ClN2S. The molecule has 0 atom stereocenters. The molecule has 0 radical (unpaired) electrons. The molecule has 0 aromatic heterocycles. The molecule has 0 unspecified atom stereocenters. The van der Waals surface area contributed by atoms with Crippen molar-refractivity contribution < 1.29 is 0 Å². The summed E-state index contributed by atoms with van der Waals surface area (Å²) in [6.07, 6.45) is 8.31. The Morgan fingerprint density at radius 3 is 2.32 bits per heavy atom. The topological polar surface area (TPSA) is 6.48 Å². The van der Waals surface area contributed by atoms with Crippen molar-refractivity contribution in [3.8, 4) is 0 Å². The third-order valence-corrected chi connectivity index (χ3v) is 7.09. The van der Waals surface area contributed by atoms with Crippen molar-refractivity contribution in [1.82, 2.24) is 4.90 Å². The third kappa shape index (κ3) is 3.42. The summed E-state index contributed by atoms with van der Waals surface area (Å²) in [5.74, 6) is 0. The van der Waals surface area contributed by atoms with Crippen LogP contribution in [0.1, 0.15) is 38.5 Å². The second-order valence-corrected chi connectivity index (χ2v) is 8.64. The average Bonchev–Trinajstić information content (AvgIpc) is 3.27. The van der Waals surface area contributed by atoms with Crippen molar-refractivity contribution in [2.24, 2.45) is 0 Å². The first kappa shape index (κ1) is 15.2. The van der Waals surface area contributed by atoms with Gasteiger partial charge in [-0.2, -0.15) is 0 Å². The fourth-order valence-electron chi connectivity index (χ4n) is 3.75. The molecule has 1 aliphatic heterocycles. The molecule has 0 amide bonds. The second kappa shape index (κ2) is 6.62. The summed E-state index contributed by atoms with van der Waals surface area (Å²) in [7, 11) is 0. The fraction of sp³-hybridized carbons (Fsp3) is 0.667. The van der Waals surface area contributed by atoms with Crippen LogP contribution in [0.25, 0.3) is 0 Å². The van der Waals surface area contributed by atoms with E-state index in [1.807, 2.05) is 11.8 Å². The van der Waals surface area contributed by atoms with E-state index in [0.717, 1.165) is 29.4 Å². The summed E-state index contributed by atoms with van der Waals surface area (Å²) in [6.45, 7) is 4.70. The summed E-state index contributed by atoms with van der Waals surface area (Å²) < 4.78 is 0. The monoisotopic (exact) mass is 336 g/mol. The average molecular weight is 337 g/mol. The van der Waals surface area contributed by atoms with Gasteiger partial charge in [0, 0.05) is 48.1 Å². The first-order chi connectivity index (χ1) is 10.8. The summed E-state index contributed by atoms with van der Waals surface area (Å²) >= 11 is 8.55. The number of piperazine rings is 1. The van der Waals surface area contributed by atoms with Gasteiger partial charge in [-0.3, -0.25) is 4.90 Å². The zero-order valence-corrected chi connectivity index (χ0v) is 14.7. The lowest BCUT2D eigenvalue weighted by atomic mass is 10.2. The van der Waals surface area contributed by atoms with Gasteiger partial charge in [-0.15, -0.1) is 11.8 Å². The van der Waals surface area contributed by atoms with E-state index in [-0.39, 0.29) is 0 Å². The summed E-state index contributed by atoms with van der Waals surface area (Å²) in [6, 6.07) is 7.60. The maximum absolute atomic E-state index is 6.56. The quantitative estimate of drug-likeness (QED) is 0.789. The summed E-state index contributed by atoms with van der Waals surface area (Å²) in [5, 5.41) is 1.73. The van der Waals surface area contributed by atoms with Gasteiger partial charge in [0.2, 0.25) is 0 Å². The highest BCUT2D eigenvalue weighted by atomic mass is 35.5. The predicted octanol–water partition coefficient (Wildman–Crippen LogP) is 4.66. The lowest BCUT2D eigenvalue weighted by molar-refractivity contribution is 0.248. The lowest BCUT2D eigenvalue weighted by Gasteiger charge is -2.36. The van der Waals surface area contributed by atoms with Crippen LogP contribution in [0.4, 0.5) is 5.69 Å². The minimum absolute atomic E-state index is 0.783. The van der Waals surface area contributed by atoms with Gasteiger partial charge in [0.25, 0.3) is 0 Å². The first-order valence-corrected chi connectivity index (χ1v) is 10.0. The molecule has 2 nitrogen and oxygen atoms in total. The van der Waals surface area contributed by atoms with Crippen molar-refractivity contribution >= 4 is 29.1 Å². The van der Waals surface area contributed by atoms with Crippen molar-refractivity contribution in [3.63, 3.8) is 0 Å². The molecule has 3 aliphatic rings. The summed E-state index contributed by atoms with van der Waals surface area (Å²) in [4.78, 5) is 6.42. The van der Waals surface area contributed by atoms with E-state index in [9.17, 15) is 0 Å². The van der Waals surface area contributed by atoms with E-state index in [1.165, 1.54) is 62.2 Å². The Hall–Kier alpha value is -0.380. The van der Waals surface area contributed by atoms with E-state index >= 15 is 0 Å². The smallest absolute Gasteiger partial charge is 0.0562 e. The molecular weight excluding hydrogens is 312 g/mol. The normalized spacial score (nSPS) is 24.1. The number of hydrogen-bond donors (Lipinski definition) is 0. The minimum atomic E-state index is 0.783. The van der Waals surface area contributed by atoms with Crippen molar-refractivity contribution in [1.29, 1.82) is 0 Å². The van der Waals surface area contributed by atoms with E-state index < -0.39 is 0 Å². The van der Waals surface area contributed by atoms with Crippen molar-refractivity contribution in [2.45, 2.75) is 54.7 Å². The highest BCUT2D eigenvalue weighted by molar-refractivity contribution is 8.00. The molecule has 22 heavy (non-hydrogen) atoms. The summed E-state index contributed by atoms with van der Waals surface area (Å²) in [5.41, 5.74) is 1.30. The van der Waals surface area contributed by atoms with Gasteiger partial charge in [0.15, 0.2) is 0 Å². The van der Waals surface area contributed by atoms with Gasteiger partial charge in [0.05, 0.1) is 5.02 Å². The Bertz CT molecular complexity index is 518. The van der Waals surface area contributed by atoms with Gasteiger partial charge in [-0.1, -0.05) is 24.4 Å². The number of halogens is 1. The van der Waals surface area contributed by atoms with E-state index in [0.29, 0.717) is 0 Å². The largest absolute Gasteiger partial charge is 0.369 e. The second-order valence-electron chi connectivity index (χ2n) is 6.89. The molecule has 0 N–H and O–H groups in total. The van der Waals surface area contributed by atoms with Gasteiger partial charge in [0.1, 0.15) is 0 Å². The molecule has 1 aromatic rings. The highest BCUT2D eigenvalue weighted by Gasteiger charge is 2.31. The van der Waals surface area contributed by atoms with Crippen LogP contribution in [0.5, 0.6) is 0 Å². The Kier molecular flexibility index (Phi) is 4.57. The van der Waals surface area contributed by atoms with Crippen LogP contribution in [-0.4, -0.2) is 42.4 Å². The Morgan fingerprint density at radius 2 is 1.68 bits per heavy atom. The van der Waals surface area contributed by atoms with Crippen LogP contribution < -0.4 is 4.90 Å². The Morgan fingerprint density at radius 1 is 0.955 bits per heavy atom. The number of anilines is 1. The molecule has 4 heteroatoms. The van der Waals surface area contributed by atoms with Gasteiger partial charge >= 0.3 is 0 Å². The molecule has 1 heterocycles. The maximum atomic E-state index is 6.56. The van der Waals surface area contributed by atoms with Crippen LogP contribution in [0.2, 0.25) is 5.02 Å². The van der Waals surface area contributed by atoms with Gasteiger partial charge in [-0.05, 0) is 43.9 Å². The first-order valence-electron chi connectivity index (χ1n) is 8.75. The molecule has 1 saturated heterocycles. The van der Waals surface area contributed by atoms with Crippen LogP contribution in [0.3, 0.4) is 0 Å². The molecule has 4 rings (SSSR count). The molecule has 0 spiro atoms. The zero-order valence-electron chi connectivity index (χ0n) is 13.1. The van der Waals surface area contributed by atoms with Crippen LogP contribution in [0.15, 0.2) is 23.1 Å². The number of benzene rings is 1. The van der Waals surface area contributed by atoms with Gasteiger partial charge in [-0.25, -0.2) is 0 Å². The minimum Gasteiger partial charge on any atom is -0.369 e. The van der Waals surface area contributed by atoms with E-state index in [4.69, 9.17) is 11.6 Å². The standard InChI is InChI=1S/C18H25ClN2S/c19-17-13-15(7-8-18(17)22-16-3-1-2-4-16)21-11-9-20(10-12-21)14-5-6-14/h7-8,13-14,16H,1-6,9-12H2. The highest BCUT2D eigenvalue weighted by Crippen LogP contribution is 2.39. The molecule has 1 aromatic carbocycles. The molecule has 2 saturated carbocycles. The molecule has 0 bridgehead atoms. The number of thioether (sulfide) groups is 1. The maximum Gasteiger partial charge on any atom is 0.0562 e. The van der Waals surface area contributed by atoms with E-state index in [1.54, 1.807) is 0 Å². The van der Waals surface area contributed by atoms with Crippen molar-refractivity contribution in [2.75, 3.05) is 31.1 Å². The molecule has 2 aliphatic carbocycles. The Labute approximate surface area is 143 Å². The Balaban J connectivity index is 1.38. The molecule has 3 fully saturated rings. The number of rotatable bonds is 4. The predicted molar refractivity (Wildman–Crippen MR) is 96.4 cm³/mol. The van der Waals surface area contributed by atoms with Crippen LogP contribution in [-0.2, 0) is 0 Å². The van der Waals surface area contributed by atoms with Crippen LogP contribution >= 0.6 is 23.4 Å². The SMILES string of the molecule is Clc1cc(N2CCN(C3CC3)CC2)ccc1SC1CCCC1. The van der Waals surface area contributed by atoms with Gasteiger partial charge < -0.3 is 4.90 Å². The lowest BCUT2D eigenvalue weighted by Crippen LogP contribution is -2.47. The van der Waals surface area contributed by atoms with Crippen LogP contribution in [0, 0.1) is 0 Å². The van der Waals surface area contributed by atoms with E-state index in [2.05, 4.69) is 28.0 Å². The zero-order chi connectivity index (χ0) is 14.9. The molecule has 120 valence electrons. The number of hydrogen-bond acceptors (Lipinski definition) is 3. The number of nitrogens with zero attached hydrogens (tertiary/aromatic N) is 2. The fourth-order valence-corrected chi connectivity index (χ4v) is 5.31. The third-order valence-electron chi connectivity index (χ3n) is 5.25. The van der Waals surface area contributed by atoms with Crippen molar-refractivity contribution in [3.05, 3.63) is 23.2 Å².